The molecule has 7 heteroatoms. The van der Waals surface area contributed by atoms with E-state index in [0.717, 1.165) is 5.56 Å². The third-order valence-electron chi connectivity index (χ3n) is 4.32. The van der Waals surface area contributed by atoms with Crippen LogP contribution in [-0.4, -0.2) is 43.0 Å². The molecule has 0 radical (unpaired) electrons. The highest BCUT2D eigenvalue weighted by molar-refractivity contribution is 6.20. The maximum atomic E-state index is 12.4. The largest absolute Gasteiger partial charge is 0.460 e. The number of para-hydroxylation sites is 1. The highest BCUT2D eigenvalue weighted by Gasteiger charge is 2.21. The molecule has 1 aliphatic heterocycles. The zero-order chi connectivity index (χ0) is 20.6. The van der Waals surface area contributed by atoms with Gasteiger partial charge >= 0.3 is 5.97 Å². The standard InChI is InChI=1S/C22H21NO6/c1-16(25)19(12-18-8-5-9-20-21(18)29-15-28-20)22(26)27-11-10-23(14-24)13-17-6-3-2-4-7-17/h2-9,12,14H,10-11,13,15H2,1H3/b19-12-. The Hall–Kier alpha value is -3.61. The zero-order valence-corrected chi connectivity index (χ0v) is 16.0. The van der Waals surface area contributed by atoms with Crippen molar-refractivity contribution in [3.8, 4) is 11.5 Å². The van der Waals surface area contributed by atoms with E-state index in [4.69, 9.17) is 14.2 Å². The second-order valence-electron chi connectivity index (χ2n) is 6.39. The SMILES string of the molecule is CC(=O)/C(=C/c1cccc2c1OCO2)C(=O)OCCN(C=O)Cc1ccccc1. The minimum Gasteiger partial charge on any atom is -0.460 e. The lowest BCUT2D eigenvalue weighted by atomic mass is 10.1. The summed E-state index contributed by atoms with van der Waals surface area (Å²) in [4.78, 5) is 37.2. The Morgan fingerprint density at radius 3 is 2.62 bits per heavy atom. The molecule has 150 valence electrons. The Labute approximate surface area is 168 Å². The molecule has 7 nitrogen and oxygen atoms in total. The molecule has 0 unspecified atom stereocenters. The van der Waals surface area contributed by atoms with E-state index in [2.05, 4.69) is 0 Å². The van der Waals surface area contributed by atoms with Crippen molar-refractivity contribution in [3.05, 3.63) is 65.2 Å². The van der Waals surface area contributed by atoms with Gasteiger partial charge in [0.2, 0.25) is 13.2 Å². The highest BCUT2D eigenvalue weighted by Crippen LogP contribution is 2.36. The van der Waals surface area contributed by atoms with Gasteiger partial charge in [0.1, 0.15) is 12.2 Å². The molecule has 1 amide bonds. The number of nitrogens with zero attached hydrogens (tertiary/aromatic N) is 1. The van der Waals surface area contributed by atoms with Crippen molar-refractivity contribution >= 4 is 24.2 Å². The van der Waals surface area contributed by atoms with Crippen LogP contribution in [0.25, 0.3) is 6.08 Å². The summed E-state index contributed by atoms with van der Waals surface area (Å²) in [6.07, 6.45) is 2.13. The van der Waals surface area contributed by atoms with Crippen LogP contribution in [0.3, 0.4) is 0 Å². The number of esters is 1. The Morgan fingerprint density at radius 1 is 1.10 bits per heavy atom. The summed E-state index contributed by atoms with van der Waals surface area (Å²) in [5.74, 6) is -0.144. The number of hydrogen-bond acceptors (Lipinski definition) is 6. The van der Waals surface area contributed by atoms with Crippen LogP contribution in [-0.2, 0) is 25.7 Å². The van der Waals surface area contributed by atoms with Crippen LogP contribution in [0.4, 0.5) is 0 Å². The molecule has 0 saturated carbocycles. The van der Waals surface area contributed by atoms with E-state index in [1.54, 1.807) is 18.2 Å². The van der Waals surface area contributed by atoms with Crippen molar-refractivity contribution in [2.24, 2.45) is 0 Å². The van der Waals surface area contributed by atoms with Gasteiger partial charge in [-0.1, -0.05) is 42.5 Å². The first-order valence-corrected chi connectivity index (χ1v) is 9.10. The quantitative estimate of drug-likeness (QED) is 0.213. The molecule has 0 aliphatic carbocycles. The van der Waals surface area contributed by atoms with Crippen molar-refractivity contribution in [2.75, 3.05) is 19.9 Å². The molecule has 0 aromatic heterocycles. The topological polar surface area (TPSA) is 82.1 Å². The summed E-state index contributed by atoms with van der Waals surface area (Å²) in [6, 6.07) is 14.7. The first kappa shape index (κ1) is 20.1. The van der Waals surface area contributed by atoms with Gasteiger partial charge in [-0.2, -0.15) is 0 Å². The molecule has 0 saturated heterocycles. The van der Waals surface area contributed by atoms with E-state index >= 15 is 0 Å². The van der Waals surface area contributed by atoms with Crippen LogP contribution in [0.5, 0.6) is 11.5 Å². The first-order valence-electron chi connectivity index (χ1n) is 9.10. The summed E-state index contributed by atoms with van der Waals surface area (Å²) in [7, 11) is 0. The summed E-state index contributed by atoms with van der Waals surface area (Å²) in [6.45, 7) is 1.98. The minimum atomic E-state index is -0.750. The van der Waals surface area contributed by atoms with Gasteiger partial charge in [0.25, 0.3) is 0 Å². The molecular weight excluding hydrogens is 374 g/mol. The molecule has 3 rings (SSSR count). The van der Waals surface area contributed by atoms with Crippen molar-refractivity contribution in [3.63, 3.8) is 0 Å². The van der Waals surface area contributed by atoms with Crippen LogP contribution in [0.1, 0.15) is 18.1 Å². The molecule has 2 aromatic carbocycles. The fourth-order valence-corrected chi connectivity index (χ4v) is 2.85. The predicted molar refractivity (Wildman–Crippen MR) is 105 cm³/mol. The van der Waals surface area contributed by atoms with E-state index in [1.165, 1.54) is 17.9 Å². The average molecular weight is 395 g/mol. The van der Waals surface area contributed by atoms with Crippen molar-refractivity contribution in [2.45, 2.75) is 13.5 Å². The fraction of sp³-hybridized carbons (Fsp3) is 0.227. The van der Waals surface area contributed by atoms with Gasteiger partial charge in [-0.3, -0.25) is 9.59 Å². The molecule has 0 spiro atoms. The number of amides is 1. The monoisotopic (exact) mass is 395 g/mol. The van der Waals surface area contributed by atoms with Crippen LogP contribution < -0.4 is 9.47 Å². The number of rotatable bonds is 9. The van der Waals surface area contributed by atoms with Crippen LogP contribution in [0.15, 0.2) is 54.1 Å². The number of ether oxygens (including phenoxy) is 3. The Morgan fingerprint density at radius 2 is 1.90 bits per heavy atom. The van der Waals surface area contributed by atoms with Crippen LogP contribution in [0, 0.1) is 0 Å². The molecule has 0 bridgehead atoms. The van der Waals surface area contributed by atoms with E-state index in [-0.39, 0.29) is 25.5 Å². The molecule has 1 heterocycles. The Balaban J connectivity index is 1.62. The lowest BCUT2D eigenvalue weighted by molar-refractivity contribution is -0.141. The Bertz CT molecular complexity index is 922. The average Bonchev–Trinajstić information content (AvgIpc) is 3.21. The molecule has 2 aromatic rings. The number of Topliss-reactive ketones (excluding diaryl/α,β-unsaturated/α-hetero) is 1. The lowest BCUT2D eigenvalue weighted by Gasteiger charge is -2.17. The van der Waals surface area contributed by atoms with Gasteiger partial charge in [0.15, 0.2) is 17.3 Å². The normalized spacial score (nSPS) is 12.4. The minimum absolute atomic E-state index is 0.0263. The van der Waals surface area contributed by atoms with E-state index in [1.807, 2.05) is 30.3 Å². The predicted octanol–water partition coefficient (Wildman–Crippen LogP) is 2.59. The van der Waals surface area contributed by atoms with Gasteiger partial charge in [0.05, 0.1) is 6.54 Å². The Kier molecular flexibility index (Phi) is 6.63. The molecule has 29 heavy (non-hydrogen) atoms. The number of benzene rings is 2. The van der Waals surface area contributed by atoms with Gasteiger partial charge in [-0.15, -0.1) is 0 Å². The van der Waals surface area contributed by atoms with Crippen molar-refractivity contribution in [1.29, 1.82) is 0 Å². The third-order valence-corrected chi connectivity index (χ3v) is 4.32. The molecule has 1 aliphatic rings. The molecule has 0 N–H and O–H groups in total. The number of carbonyl (C=O) groups is 3. The van der Waals surface area contributed by atoms with E-state index in [0.29, 0.717) is 30.0 Å². The van der Waals surface area contributed by atoms with Crippen LogP contribution in [0.2, 0.25) is 0 Å². The third kappa shape index (κ3) is 5.22. The fourth-order valence-electron chi connectivity index (χ4n) is 2.85. The number of ketones is 1. The summed E-state index contributed by atoms with van der Waals surface area (Å²) >= 11 is 0. The molecular formula is C22H21NO6. The van der Waals surface area contributed by atoms with Crippen LogP contribution >= 0.6 is 0 Å². The van der Waals surface area contributed by atoms with Gasteiger partial charge in [-0.05, 0) is 24.6 Å². The smallest absolute Gasteiger partial charge is 0.341 e. The summed E-state index contributed by atoms with van der Waals surface area (Å²) in [5.41, 5.74) is 1.42. The number of fused-ring (bicyclic) bond motifs is 1. The number of carbonyl (C=O) groups excluding carboxylic acids is 3. The lowest BCUT2D eigenvalue weighted by Crippen LogP contribution is -2.27. The first-order chi connectivity index (χ1) is 14.1. The van der Waals surface area contributed by atoms with Gasteiger partial charge in [0, 0.05) is 12.1 Å². The maximum Gasteiger partial charge on any atom is 0.341 e. The summed E-state index contributed by atoms with van der Waals surface area (Å²) in [5, 5.41) is 0. The van der Waals surface area contributed by atoms with Crippen molar-refractivity contribution in [1.82, 2.24) is 4.90 Å². The van der Waals surface area contributed by atoms with Gasteiger partial charge in [-0.25, -0.2) is 4.79 Å². The van der Waals surface area contributed by atoms with Crippen molar-refractivity contribution < 1.29 is 28.6 Å². The maximum absolute atomic E-state index is 12.4. The van der Waals surface area contributed by atoms with E-state index in [9.17, 15) is 14.4 Å². The summed E-state index contributed by atoms with van der Waals surface area (Å²) < 4.78 is 15.9. The van der Waals surface area contributed by atoms with E-state index < -0.39 is 11.8 Å². The second-order valence-corrected chi connectivity index (χ2v) is 6.39. The second kappa shape index (κ2) is 9.54. The number of hydrogen-bond donors (Lipinski definition) is 0. The molecule has 0 atom stereocenters. The zero-order valence-electron chi connectivity index (χ0n) is 16.0. The molecule has 0 fully saturated rings. The highest BCUT2D eigenvalue weighted by atomic mass is 16.7. The van der Waals surface area contributed by atoms with Gasteiger partial charge < -0.3 is 19.1 Å².